The molecule has 1 aromatic rings. The summed E-state index contributed by atoms with van der Waals surface area (Å²) in [6, 6.07) is 8.26. The van der Waals surface area contributed by atoms with Gasteiger partial charge in [0.2, 0.25) is 0 Å². The highest BCUT2D eigenvalue weighted by Crippen LogP contribution is 2.10. The summed E-state index contributed by atoms with van der Waals surface area (Å²) < 4.78 is 4.95. The van der Waals surface area contributed by atoms with Crippen LogP contribution in [0.3, 0.4) is 0 Å². The van der Waals surface area contributed by atoms with Gasteiger partial charge in [0, 0.05) is 0 Å². The van der Waals surface area contributed by atoms with Gasteiger partial charge in [-0.2, -0.15) is 0 Å². The highest BCUT2D eigenvalue weighted by atomic mass is 16.5. The number of unbranched alkanes of at least 4 members (excludes halogenated alkanes) is 2. The number of carbonyl (C=O) groups excluding carboxylic acids is 1. The zero-order valence-corrected chi connectivity index (χ0v) is 10.9. The highest BCUT2D eigenvalue weighted by Gasteiger charge is 2.04. The number of aryl methyl sites for hydroxylation is 1. The standard InChI is InChI=1S/C15H22O2/c1-3-5-6-8-13-9-7-10-14(11-13)12-15(16)17-4-2/h7,9-11H,3-6,8,12H2,1-2H3. The van der Waals surface area contributed by atoms with Crippen molar-refractivity contribution < 1.29 is 9.53 Å². The van der Waals surface area contributed by atoms with Gasteiger partial charge < -0.3 is 4.74 Å². The van der Waals surface area contributed by atoms with Gasteiger partial charge in [-0.25, -0.2) is 0 Å². The van der Waals surface area contributed by atoms with Gasteiger partial charge in [-0.15, -0.1) is 0 Å². The van der Waals surface area contributed by atoms with E-state index in [1.165, 1.54) is 24.8 Å². The molecule has 0 amide bonds. The average molecular weight is 234 g/mol. The Labute approximate surface area is 104 Å². The average Bonchev–Trinajstić information content (AvgIpc) is 2.30. The Kier molecular flexibility index (Phi) is 6.38. The minimum atomic E-state index is -0.141. The summed E-state index contributed by atoms with van der Waals surface area (Å²) in [5.74, 6) is -0.141. The molecule has 0 radical (unpaired) electrons. The van der Waals surface area contributed by atoms with Crippen molar-refractivity contribution in [2.75, 3.05) is 6.61 Å². The Bertz CT molecular complexity index is 345. The van der Waals surface area contributed by atoms with E-state index >= 15 is 0 Å². The van der Waals surface area contributed by atoms with E-state index in [1.807, 2.05) is 19.1 Å². The van der Waals surface area contributed by atoms with Crippen molar-refractivity contribution in [3.05, 3.63) is 35.4 Å². The van der Waals surface area contributed by atoms with Gasteiger partial charge in [0.15, 0.2) is 0 Å². The van der Waals surface area contributed by atoms with Crippen LogP contribution in [0, 0.1) is 0 Å². The van der Waals surface area contributed by atoms with Gasteiger partial charge in [0.05, 0.1) is 13.0 Å². The van der Waals surface area contributed by atoms with Gasteiger partial charge in [0.1, 0.15) is 0 Å². The van der Waals surface area contributed by atoms with Crippen LogP contribution in [0.15, 0.2) is 24.3 Å². The van der Waals surface area contributed by atoms with Crippen LogP contribution in [0.5, 0.6) is 0 Å². The van der Waals surface area contributed by atoms with Crippen molar-refractivity contribution in [3.63, 3.8) is 0 Å². The van der Waals surface area contributed by atoms with Crippen molar-refractivity contribution in [1.82, 2.24) is 0 Å². The molecule has 0 saturated heterocycles. The first-order chi connectivity index (χ1) is 8.26. The molecule has 1 rings (SSSR count). The molecule has 94 valence electrons. The molecule has 0 aliphatic carbocycles. The molecule has 0 atom stereocenters. The maximum atomic E-state index is 11.4. The number of hydrogen-bond donors (Lipinski definition) is 0. The molecule has 0 unspecified atom stereocenters. The molecular formula is C15H22O2. The zero-order chi connectivity index (χ0) is 12.5. The summed E-state index contributed by atoms with van der Waals surface area (Å²) in [5.41, 5.74) is 2.37. The van der Waals surface area contributed by atoms with Crippen molar-refractivity contribution in [3.8, 4) is 0 Å². The molecule has 2 heteroatoms. The third-order valence-corrected chi connectivity index (χ3v) is 2.71. The number of benzene rings is 1. The Hall–Kier alpha value is -1.31. The summed E-state index contributed by atoms with van der Waals surface area (Å²) in [6.45, 7) is 4.49. The van der Waals surface area contributed by atoms with Gasteiger partial charge in [0.25, 0.3) is 0 Å². The van der Waals surface area contributed by atoms with Crippen molar-refractivity contribution in [1.29, 1.82) is 0 Å². The second kappa shape index (κ2) is 7.88. The monoisotopic (exact) mass is 234 g/mol. The summed E-state index contributed by atoms with van der Waals surface area (Å²) in [4.78, 5) is 11.4. The second-order valence-electron chi connectivity index (χ2n) is 4.26. The van der Waals surface area contributed by atoms with Crippen LogP contribution in [0.4, 0.5) is 0 Å². The van der Waals surface area contributed by atoms with Crippen LogP contribution in [0.2, 0.25) is 0 Å². The summed E-state index contributed by atoms with van der Waals surface area (Å²) in [5, 5.41) is 0. The van der Waals surface area contributed by atoms with Gasteiger partial charge in [-0.05, 0) is 30.9 Å². The Morgan fingerprint density at radius 2 is 1.94 bits per heavy atom. The molecule has 0 aromatic heterocycles. The molecule has 0 saturated carbocycles. The molecule has 0 spiro atoms. The van der Waals surface area contributed by atoms with E-state index in [2.05, 4.69) is 19.1 Å². The van der Waals surface area contributed by atoms with Crippen LogP contribution >= 0.6 is 0 Å². The fraction of sp³-hybridized carbons (Fsp3) is 0.533. The van der Waals surface area contributed by atoms with E-state index in [1.54, 1.807) is 0 Å². The van der Waals surface area contributed by atoms with Gasteiger partial charge in [-0.1, -0.05) is 44.0 Å². The molecule has 1 aromatic carbocycles. The molecule has 2 nitrogen and oxygen atoms in total. The minimum Gasteiger partial charge on any atom is -0.466 e. The first-order valence-electron chi connectivity index (χ1n) is 6.49. The molecule has 0 N–H and O–H groups in total. The van der Waals surface area contributed by atoms with Crippen LogP contribution in [0.25, 0.3) is 0 Å². The first kappa shape index (κ1) is 13.8. The van der Waals surface area contributed by atoms with Crippen molar-refractivity contribution in [2.45, 2.75) is 46.0 Å². The van der Waals surface area contributed by atoms with Crippen LogP contribution in [0.1, 0.15) is 44.2 Å². The lowest BCUT2D eigenvalue weighted by Gasteiger charge is -2.05. The fourth-order valence-electron chi connectivity index (χ4n) is 1.85. The number of hydrogen-bond acceptors (Lipinski definition) is 2. The quantitative estimate of drug-likeness (QED) is 0.533. The lowest BCUT2D eigenvalue weighted by Crippen LogP contribution is -2.07. The van der Waals surface area contributed by atoms with Gasteiger partial charge >= 0.3 is 5.97 Å². The molecule has 0 aliphatic heterocycles. The van der Waals surface area contributed by atoms with Crippen LogP contribution < -0.4 is 0 Å². The van der Waals surface area contributed by atoms with E-state index in [4.69, 9.17) is 4.74 Å². The van der Waals surface area contributed by atoms with Gasteiger partial charge in [-0.3, -0.25) is 4.79 Å². The lowest BCUT2D eigenvalue weighted by atomic mass is 10.0. The van der Waals surface area contributed by atoms with Crippen LogP contribution in [-0.4, -0.2) is 12.6 Å². The van der Waals surface area contributed by atoms with E-state index in [9.17, 15) is 4.79 Å². The molecule has 17 heavy (non-hydrogen) atoms. The Morgan fingerprint density at radius 1 is 1.18 bits per heavy atom. The number of esters is 1. The van der Waals surface area contributed by atoms with E-state index in [0.29, 0.717) is 13.0 Å². The zero-order valence-electron chi connectivity index (χ0n) is 10.9. The number of rotatable bonds is 7. The van der Waals surface area contributed by atoms with E-state index in [0.717, 1.165) is 12.0 Å². The molecular weight excluding hydrogens is 212 g/mol. The normalized spacial score (nSPS) is 10.2. The SMILES string of the molecule is CCCCCc1cccc(CC(=O)OCC)c1. The van der Waals surface area contributed by atoms with Crippen molar-refractivity contribution in [2.24, 2.45) is 0 Å². The maximum Gasteiger partial charge on any atom is 0.310 e. The van der Waals surface area contributed by atoms with E-state index in [-0.39, 0.29) is 5.97 Å². The third-order valence-electron chi connectivity index (χ3n) is 2.71. The fourth-order valence-corrected chi connectivity index (χ4v) is 1.85. The second-order valence-corrected chi connectivity index (χ2v) is 4.26. The first-order valence-corrected chi connectivity index (χ1v) is 6.49. The Morgan fingerprint density at radius 3 is 2.65 bits per heavy atom. The number of ether oxygens (including phenoxy) is 1. The smallest absolute Gasteiger partial charge is 0.310 e. The molecule has 0 aliphatic rings. The topological polar surface area (TPSA) is 26.3 Å². The van der Waals surface area contributed by atoms with E-state index < -0.39 is 0 Å². The third kappa shape index (κ3) is 5.53. The largest absolute Gasteiger partial charge is 0.466 e. The molecule has 0 bridgehead atoms. The Balaban J connectivity index is 2.50. The summed E-state index contributed by atoms with van der Waals surface area (Å²) in [7, 11) is 0. The predicted octanol–water partition coefficient (Wildman–Crippen LogP) is 3.52. The van der Waals surface area contributed by atoms with Crippen LogP contribution in [-0.2, 0) is 22.4 Å². The maximum absolute atomic E-state index is 11.4. The summed E-state index contributed by atoms with van der Waals surface area (Å²) in [6.07, 6.45) is 5.21. The molecule has 0 heterocycles. The number of carbonyl (C=O) groups is 1. The molecule has 0 fully saturated rings. The van der Waals surface area contributed by atoms with Crippen molar-refractivity contribution >= 4 is 5.97 Å². The minimum absolute atomic E-state index is 0.141. The summed E-state index contributed by atoms with van der Waals surface area (Å²) >= 11 is 0. The highest BCUT2D eigenvalue weighted by molar-refractivity contribution is 5.72. The lowest BCUT2D eigenvalue weighted by molar-refractivity contribution is -0.142. The predicted molar refractivity (Wildman–Crippen MR) is 70.0 cm³/mol.